The summed E-state index contributed by atoms with van der Waals surface area (Å²) >= 11 is 0. The van der Waals surface area contributed by atoms with E-state index in [1.807, 2.05) is 19.3 Å². The number of rotatable bonds is 2. The van der Waals surface area contributed by atoms with Crippen LogP contribution in [-0.4, -0.2) is 23.6 Å². The van der Waals surface area contributed by atoms with Crippen LogP contribution >= 0.6 is 0 Å². The number of ether oxygens (including phenoxy) is 1. The zero-order valence-electron chi connectivity index (χ0n) is 12.2. The summed E-state index contributed by atoms with van der Waals surface area (Å²) in [5.41, 5.74) is 4.81. The van der Waals surface area contributed by atoms with E-state index < -0.39 is 0 Å². The lowest BCUT2D eigenvalue weighted by Crippen LogP contribution is -2.22. The van der Waals surface area contributed by atoms with Gasteiger partial charge in [0.05, 0.1) is 6.61 Å². The van der Waals surface area contributed by atoms with Crippen molar-refractivity contribution in [3.8, 4) is 17.1 Å². The van der Waals surface area contributed by atoms with E-state index in [2.05, 4.69) is 22.4 Å². The van der Waals surface area contributed by atoms with Crippen molar-refractivity contribution in [1.29, 1.82) is 0 Å². The van der Waals surface area contributed by atoms with Crippen LogP contribution in [-0.2, 0) is 12.8 Å². The molecule has 0 fully saturated rings. The van der Waals surface area contributed by atoms with Gasteiger partial charge in [-0.15, -0.1) is 0 Å². The Labute approximate surface area is 124 Å². The Hall–Kier alpha value is -1.94. The van der Waals surface area contributed by atoms with Gasteiger partial charge in [-0.2, -0.15) is 0 Å². The first kappa shape index (κ1) is 12.8. The van der Waals surface area contributed by atoms with Crippen LogP contribution in [0.15, 0.2) is 24.4 Å². The molecule has 1 atom stereocenters. The highest BCUT2D eigenvalue weighted by molar-refractivity contribution is 5.60. The van der Waals surface area contributed by atoms with Gasteiger partial charge >= 0.3 is 0 Å². The van der Waals surface area contributed by atoms with Crippen LogP contribution in [0.3, 0.4) is 0 Å². The summed E-state index contributed by atoms with van der Waals surface area (Å²) in [6.45, 7) is 0.785. The van der Waals surface area contributed by atoms with Gasteiger partial charge in [0.15, 0.2) is 5.82 Å². The molecule has 1 unspecified atom stereocenters. The third-order valence-electron chi connectivity index (χ3n) is 4.48. The van der Waals surface area contributed by atoms with Crippen molar-refractivity contribution in [2.24, 2.45) is 0 Å². The fourth-order valence-electron chi connectivity index (χ4n) is 3.31. The first-order valence-electron chi connectivity index (χ1n) is 7.64. The Morgan fingerprint density at radius 2 is 2.24 bits per heavy atom. The first-order valence-corrected chi connectivity index (χ1v) is 7.64. The number of hydrogen-bond donors (Lipinski definition) is 1. The minimum atomic E-state index is 0.399. The van der Waals surface area contributed by atoms with E-state index >= 15 is 0 Å². The molecule has 0 spiro atoms. The summed E-state index contributed by atoms with van der Waals surface area (Å²) in [6, 6.07) is 6.67. The van der Waals surface area contributed by atoms with Gasteiger partial charge in [0.1, 0.15) is 5.75 Å². The number of benzene rings is 1. The van der Waals surface area contributed by atoms with Crippen molar-refractivity contribution < 1.29 is 4.74 Å². The molecule has 0 saturated heterocycles. The predicted octanol–water partition coefficient (Wildman–Crippen LogP) is 2.68. The zero-order valence-corrected chi connectivity index (χ0v) is 12.2. The SMILES string of the molecule is CNC1CCCc2nc(-c3ccc4c(c3)CCO4)ncc21. The molecule has 4 heteroatoms. The van der Waals surface area contributed by atoms with Crippen molar-refractivity contribution in [1.82, 2.24) is 15.3 Å². The highest BCUT2D eigenvalue weighted by Gasteiger charge is 2.21. The number of fused-ring (bicyclic) bond motifs is 2. The molecule has 2 heterocycles. The fourth-order valence-corrected chi connectivity index (χ4v) is 3.31. The molecule has 1 aliphatic carbocycles. The van der Waals surface area contributed by atoms with Crippen LogP contribution in [0.25, 0.3) is 11.4 Å². The van der Waals surface area contributed by atoms with Crippen molar-refractivity contribution in [2.75, 3.05) is 13.7 Å². The van der Waals surface area contributed by atoms with Gasteiger partial charge in [0.25, 0.3) is 0 Å². The summed E-state index contributed by atoms with van der Waals surface area (Å²) in [5, 5.41) is 3.36. The third-order valence-corrected chi connectivity index (χ3v) is 4.48. The Kier molecular flexibility index (Phi) is 3.11. The van der Waals surface area contributed by atoms with E-state index in [-0.39, 0.29) is 0 Å². The molecule has 1 aromatic carbocycles. The molecule has 108 valence electrons. The Bertz CT molecular complexity index is 684. The highest BCUT2D eigenvalue weighted by atomic mass is 16.5. The second-order valence-corrected chi connectivity index (χ2v) is 5.75. The maximum atomic E-state index is 5.56. The fraction of sp³-hybridized carbons (Fsp3) is 0.412. The van der Waals surface area contributed by atoms with Crippen LogP contribution in [0.4, 0.5) is 0 Å². The lowest BCUT2D eigenvalue weighted by Gasteiger charge is -2.24. The Morgan fingerprint density at radius 1 is 1.29 bits per heavy atom. The number of hydrogen-bond acceptors (Lipinski definition) is 4. The summed E-state index contributed by atoms with van der Waals surface area (Å²) < 4.78 is 5.56. The number of aryl methyl sites for hydroxylation is 1. The van der Waals surface area contributed by atoms with Gasteiger partial charge in [-0.25, -0.2) is 9.97 Å². The molecule has 2 aromatic rings. The van der Waals surface area contributed by atoms with Crippen LogP contribution < -0.4 is 10.1 Å². The summed E-state index contributed by atoms with van der Waals surface area (Å²) in [4.78, 5) is 9.41. The molecule has 1 aliphatic heterocycles. The van der Waals surface area contributed by atoms with E-state index in [9.17, 15) is 0 Å². The van der Waals surface area contributed by atoms with Crippen molar-refractivity contribution in [3.63, 3.8) is 0 Å². The van der Waals surface area contributed by atoms with E-state index in [4.69, 9.17) is 9.72 Å². The van der Waals surface area contributed by atoms with Crippen molar-refractivity contribution >= 4 is 0 Å². The van der Waals surface area contributed by atoms with Crippen molar-refractivity contribution in [3.05, 3.63) is 41.2 Å². The predicted molar refractivity (Wildman–Crippen MR) is 81.4 cm³/mol. The average molecular weight is 281 g/mol. The minimum Gasteiger partial charge on any atom is -0.493 e. The smallest absolute Gasteiger partial charge is 0.159 e. The molecule has 0 saturated carbocycles. The summed E-state index contributed by atoms with van der Waals surface area (Å²) in [5.74, 6) is 1.84. The van der Waals surface area contributed by atoms with Gasteiger partial charge in [0, 0.05) is 35.5 Å². The standard InChI is InChI=1S/C17H19N3O/c1-18-14-3-2-4-15-13(14)10-19-17(20-15)12-5-6-16-11(9-12)7-8-21-16/h5-6,9-10,14,18H,2-4,7-8H2,1H3. The van der Waals surface area contributed by atoms with Gasteiger partial charge in [-0.05, 0) is 50.1 Å². The number of nitrogens with one attached hydrogen (secondary N) is 1. The molecule has 0 bridgehead atoms. The molecule has 2 aliphatic rings. The van der Waals surface area contributed by atoms with Crippen molar-refractivity contribution in [2.45, 2.75) is 31.7 Å². The monoisotopic (exact) mass is 281 g/mol. The molecule has 0 amide bonds. The normalized spacial score (nSPS) is 19.8. The van der Waals surface area contributed by atoms with E-state index in [1.54, 1.807) is 0 Å². The largest absolute Gasteiger partial charge is 0.493 e. The molecule has 0 radical (unpaired) electrons. The summed E-state index contributed by atoms with van der Waals surface area (Å²) in [6.07, 6.45) is 6.39. The quantitative estimate of drug-likeness (QED) is 0.919. The minimum absolute atomic E-state index is 0.399. The molecular formula is C17H19N3O. The number of nitrogens with zero attached hydrogens (tertiary/aromatic N) is 2. The third kappa shape index (κ3) is 2.20. The van der Waals surface area contributed by atoms with Gasteiger partial charge in [-0.3, -0.25) is 0 Å². The number of aromatic nitrogens is 2. The van der Waals surface area contributed by atoms with Gasteiger partial charge in [-0.1, -0.05) is 0 Å². The second kappa shape index (κ2) is 5.11. The van der Waals surface area contributed by atoms with Gasteiger partial charge < -0.3 is 10.1 Å². The second-order valence-electron chi connectivity index (χ2n) is 5.75. The first-order chi connectivity index (χ1) is 10.3. The van der Waals surface area contributed by atoms with E-state index in [1.165, 1.54) is 29.7 Å². The molecule has 1 N–H and O–H groups in total. The van der Waals surface area contributed by atoms with Crippen LogP contribution in [0.5, 0.6) is 5.75 Å². The Morgan fingerprint density at radius 3 is 3.14 bits per heavy atom. The molecule has 4 nitrogen and oxygen atoms in total. The van der Waals surface area contributed by atoms with Crippen LogP contribution in [0.2, 0.25) is 0 Å². The van der Waals surface area contributed by atoms with E-state index in [0.29, 0.717) is 6.04 Å². The zero-order chi connectivity index (χ0) is 14.2. The lowest BCUT2D eigenvalue weighted by atomic mass is 9.92. The maximum absolute atomic E-state index is 5.56. The molecule has 4 rings (SSSR count). The van der Waals surface area contributed by atoms with E-state index in [0.717, 1.165) is 36.6 Å². The van der Waals surface area contributed by atoms with Gasteiger partial charge in [0.2, 0.25) is 0 Å². The molecular weight excluding hydrogens is 262 g/mol. The Balaban J connectivity index is 1.73. The lowest BCUT2D eigenvalue weighted by molar-refractivity contribution is 0.357. The summed E-state index contributed by atoms with van der Waals surface area (Å²) in [7, 11) is 2.01. The average Bonchev–Trinajstić information content (AvgIpc) is 3.01. The van der Waals surface area contributed by atoms with Crippen LogP contribution in [0.1, 0.15) is 35.7 Å². The maximum Gasteiger partial charge on any atom is 0.159 e. The molecule has 21 heavy (non-hydrogen) atoms. The highest BCUT2D eigenvalue weighted by Crippen LogP contribution is 2.32. The molecule has 1 aromatic heterocycles. The van der Waals surface area contributed by atoms with Crippen LogP contribution in [0, 0.1) is 0 Å². The topological polar surface area (TPSA) is 47.0 Å².